The second kappa shape index (κ2) is 6.73. The van der Waals surface area contributed by atoms with E-state index in [1.165, 1.54) is 0 Å². The lowest BCUT2D eigenvalue weighted by Crippen LogP contribution is -2.16. The van der Waals surface area contributed by atoms with E-state index in [1.807, 2.05) is 54.6 Å². The topological polar surface area (TPSA) is 73.2 Å². The third-order valence-electron chi connectivity index (χ3n) is 3.76. The van der Waals surface area contributed by atoms with Crippen LogP contribution in [0.1, 0.15) is 5.56 Å². The number of methoxy groups -OCH3 is 1. The molecule has 118 valence electrons. The van der Waals surface area contributed by atoms with Crippen LogP contribution >= 0.6 is 15.9 Å². The summed E-state index contributed by atoms with van der Waals surface area (Å²) in [6.07, 6.45) is 0. The molecule has 0 atom stereocenters. The smallest absolute Gasteiger partial charge is 0.289 e. The summed E-state index contributed by atoms with van der Waals surface area (Å²) in [5, 5.41) is 9.48. The lowest BCUT2D eigenvalue weighted by atomic mass is 9.98. The minimum Gasteiger partial charge on any atom is -0.497 e. The van der Waals surface area contributed by atoms with Gasteiger partial charge in [-0.2, -0.15) is 5.26 Å². The van der Waals surface area contributed by atoms with Crippen molar-refractivity contribution in [1.29, 1.82) is 5.26 Å². The molecule has 0 spiro atoms. The fraction of sp³-hybridized carbons (Fsp3) is 0.0526. The first kappa shape index (κ1) is 16.0. The Kier molecular flexibility index (Phi) is 4.50. The number of hydrogen-bond donors (Lipinski definition) is 1. The number of nitrogens with zero attached hydrogens (tertiary/aromatic N) is 1. The van der Waals surface area contributed by atoms with Crippen molar-refractivity contribution in [3.05, 3.63) is 64.6 Å². The predicted molar refractivity (Wildman–Crippen MR) is 97.2 cm³/mol. The fourth-order valence-electron chi connectivity index (χ4n) is 2.51. The Morgan fingerprint density at radius 1 is 1.04 bits per heavy atom. The molecule has 0 saturated heterocycles. The number of halogens is 1. The van der Waals surface area contributed by atoms with Crippen LogP contribution in [0.15, 0.2) is 59.1 Å². The number of ether oxygens (including phenoxy) is 1. The minimum absolute atomic E-state index is 0.351. The second-order valence-electron chi connectivity index (χ2n) is 5.23. The summed E-state index contributed by atoms with van der Waals surface area (Å²) in [4.78, 5) is 3.11. The largest absolute Gasteiger partial charge is 0.497 e. The fourth-order valence-corrected chi connectivity index (χ4v) is 2.77. The Morgan fingerprint density at radius 2 is 1.67 bits per heavy atom. The van der Waals surface area contributed by atoms with E-state index < -0.39 is 0 Å². The van der Waals surface area contributed by atoms with E-state index in [0.717, 1.165) is 32.6 Å². The molecule has 0 aliphatic heterocycles. The molecule has 0 saturated carbocycles. The maximum Gasteiger partial charge on any atom is 0.289 e. The van der Waals surface area contributed by atoms with Crippen molar-refractivity contribution in [3.63, 3.8) is 0 Å². The van der Waals surface area contributed by atoms with E-state index in [0.29, 0.717) is 11.4 Å². The maximum atomic E-state index is 9.48. The molecule has 2 aromatic carbocycles. The summed E-state index contributed by atoms with van der Waals surface area (Å²) < 4.78 is 6.19. The number of nitrogen functional groups attached to an aromatic ring is 1. The zero-order chi connectivity index (χ0) is 17.1. The summed E-state index contributed by atoms with van der Waals surface area (Å²) >= 11 is 3.43. The SMILES string of the molecule is COc1ccc(-c2cc(-c3ccc(Br)cc3)[nH+]c(N)c2C#N)cc1. The van der Waals surface area contributed by atoms with Gasteiger partial charge in [0.2, 0.25) is 0 Å². The molecule has 3 aromatic rings. The highest BCUT2D eigenvalue weighted by atomic mass is 79.9. The van der Waals surface area contributed by atoms with Gasteiger partial charge in [0.1, 0.15) is 23.1 Å². The average molecular weight is 381 g/mol. The van der Waals surface area contributed by atoms with Crippen LogP contribution in [0, 0.1) is 11.3 Å². The molecule has 3 N–H and O–H groups in total. The molecule has 24 heavy (non-hydrogen) atoms. The van der Waals surface area contributed by atoms with Crippen LogP contribution in [0.25, 0.3) is 22.4 Å². The molecule has 0 unspecified atom stereocenters. The molecule has 0 fully saturated rings. The quantitative estimate of drug-likeness (QED) is 0.744. The summed E-state index contributed by atoms with van der Waals surface area (Å²) in [7, 11) is 1.62. The Bertz CT molecular complexity index is 913. The number of nitrogens with two attached hydrogens (primary N) is 1. The molecule has 0 amide bonds. The summed E-state index contributed by atoms with van der Waals surface area (Å²) in [5.74, 6) is 1.12. The highest BCUT2D eigenvalue weighted by Gasteiger charge is 2.17. The molecule has 0 radical (unpaired) electrons. The monoisotopic (exact) mass is 380 g/mol. The van der Waals surface area contributed by atoms with E-state index in [2.05, 4.69) is 27.0 Å². The van der Waals surface area contributed by atoms with Crippen LogP contribution in [0.5, 0.6) is 5.75 Å². The van der Waals surface area contributed by atoms with E-state index in [-0.39, 0.29) is 0 Å². The van der Waals surface area contributed by atoms with Crippen LogP contribution in [0.3, 0.4) is 0 Å². The van der Waals surface area contributed by atoms with Crippen LogP contribution in [-0.2, 0) is 0 Å². The first-order valence-corrected chi connectivity index (χ1v) is 8.08. The highest BCUT2D eigenvalue weighted by molar-refractivity contribution is 9.10. The Labute approximate surface area is 148 Å². The number of H-pyrrole nitrogens is 1. The number of nitriles is 1. The lowest BCUT2D eigenvalue weighted by molar-refractivity contribution is -0.346. The number of benzene rings is 2. The molecule has 0 aliphatic rings. The number of rotatable bonds is 3. The zero-order valence-corrected chi connectivity index (χ0v) is 14.6. The van der Waals surface area contributed by atoms with Crippen molar-refractivity contribution in [3.8, 4) is 34.2 Å². The van der Waals surface area contributed by atoms with Gasteiger partial charge in [-0.1, -0.05) is 28.1 Å². The van der Waals surface area contributed by atoms with Crippen LogP contribution in [0.2, 0.25) is 0 Å². The molecular formula is C19H15BrN3O+. The van der Waals surface area contributed by atoms with Gasteiger partial charge >= 0.3 is 0 Å². The summed E-state index contributed by atoms with van der Waals surface area (Å²) in [6.45, 7) is 0. The van der Waals surface area contributed by atoms with Gasteiger partial charge in [-0.25, -0.2) is 4.98 Å². The van der Waals surface area contributed by atoms with Gasteiger partial charge in [0.05, 0.1) is 7.11 Å². The lowest BCUT2D eigenvalue weighted by Gasteiger charge is -2.08. The van der Waals surface area contributed by atoms with Crippen molar-refractivity contribution in [1.82, 2.24) is 0 Å². The molecule has 1 heterocycles. The first-order valence-electron chi connectivity index (χ1n) is 7.28. The van der Waals surface area contributed by atoms with Gasteiger partial charge < -0.3 is 4.74 Å². The Balaban J connectivity index is 2.16. The standard InChI is InChI=1S/C19H14BrN3O/c1-24-15-8-4-12(5-9-15)16-10-18(23-19(22)17(16)11-21)13-2-6-14(20)7-3-13/h2-10H,1H3,(H2,22,23)/p+1. The number of hydrogen-bond acceptors (Lipinski definition) is 3. The summed E-state index contributed by atoms with van der Waals surface area (Å²) in [5.41, 5.74) is 10.0. The van der Waals surface area contributed by atoms with Gasteiger partial charge in [0, 0.05) is 15.6 Å². The van der Waals surface area contributed by atoms with Crippen LogP contribution < -0.4 is 15.5 Å². The van der Waals surface area contributed by atoms with Crippen molar-refractivity contribution >= 4 is 21.7 Å². The molecule has 4 nitrogen and oxygen atoms in total. The van der Waals surface area contributed by atoms with Crippen molar-refractivity contribution in [2.45, 2.75) is 0 Å². The maximum absolute atomic E-state index is 9.48. The van der Waals surface area contributed by atoms with Crippen molar-refractivity contribution in [2.24, 2.45) is 0 Å². The van der Waals surface area contributed by atoms with Gasteiger partial charge in [0.15, 0.2) is 0 Å². The minimum atomic E-state index is 0.351. The van der Waals surface area contributed by atoms with Gasteiger partial charge in [-0.3, -0.25) is 5.73 Å². The molecule has 0 bridgehead atoms. The number of nitrogens with one attached hydrogen (secondary N) is 1. The number of pyridine rings is 1. The molecular weight excluding hydrogens is 366 g/mol. The zero-order valence-electron chi connectivity index (χ0n) is 13.0. The highest BCUT2D eigenvalue weighted by Crippen LogP contribution is 2.30. The number of aromatic nitrogens is 1. The normalized spacial score (nSPS) is 10.2. The molecule has 0 aliphatic carbocycles. The Hall–Kier alpha value is -2.84. The first-order chi connectivity index (χ1) is 11.6. The van der Waals surface area contributed by atoms with Crippen molar-refractivity contribution in [2.75, 3.05) is 12.8 Å². The third kappa shape index (κ3) is 3.10. The second-order valence-corrected chi connectivity index (χ2v) is 6.15. The average Bonchev–Trinajstić information content (AvgIpc) is 2.61. The van der Waals surface area contributed by atoms with E-state index >= 15 is 0 Å². The molecule has 5 heteroatoms. The van der Waals surface area contributed by atoms with E-state index in [9.17, 15) is 5.26 Å². The van der Waals surface area contributed by atoms with Crippen molar-refractivity contribution < 1.29 is 9.72 Å². The number of anilines is 1. The van der Waals surface area contributed by atoms with Crippen LogP contribution in [-0.4, -0.2) is 7.11 Å². The number of aromatic amines is 1. The van der Waals surface area contributed by atoms with Gasteiger partial charge in [0.25, 0.3) is 5.82 Å². The third-order valence-corrected chi connectivity index (χ3v) is 4.29. The molecule has 3 rings (SSSR count). The van der Waals surface area contributed by atoms with Gasteiger partial charge in [-0.05, 0) is 48.0 Å². The molecule has 1 aromatic heterocycles. The van der Waals surface area contributed by atoms with E-state index in [4.69, 9.17) is 10.5 Å². The predicted octanol–water partition coefficient (Wildman–Crippen LogP) is 4.06. The van der Waals surface area contributed by atoms with E-state index in [1.54, 1.807) is 7.11 Å². The summed E-state index contributed by atoms with van der Waals surface area (Å²) in [6, 6.07) is 19.6. The Morgan fingerprint density at radius 3 is 2.25 bits per heavy atom. The van der Waals surface area contributed by atoms with Gasteiger partial charge in [-0.15, -0.1) is 0 Å². The van der Waals surface area contributed by atoms with Crippen LogP contribution in [0.4, 0.5) is 5.82 Å².